The van der Waals surface area contributed by atoms with E-state index in [-0.39, 0.29) is 22.6 Å². The van der Waals surface area contributed by atoms with E-state index in [2.05, 4.69) is 15.5 Å². The fourth-order valence-electron chi connectivity index (χ4n) is 2.38. The number of hydrogen-bond donors (Lipinski definition) is 1. The second kappa shape index (κ2) is 9.32. The van der Waals surface area contributed by atoms with Crippen molar-refractivity contribution in [2.75, 3.05) is 11.1 Å². The molecule has 3 aromatic rings. The molecule has 0 unspecified atom stereocenters. The largest absolute Gasteiger partial charge is 0.435 e. The number of aryl methyl sites for hydroxylation is 2. The molecule has 0 aliphatic rings. The predicted octanol–water partition coefficient (Wildman–Crippen LogP) is 5.66. The first-order chi connectivity index (χ1) is 13.4. The van der Waals surface area contributed by atoms with Gasteiger partial charge in [-0.2, -0.15) is 0 Å². The maximum atomic E-state index is 12.3. The molecule has 0 saturated carbocycles. The molecule has 0 radical (unpaired) electrons. The Morgan fingerprint density at radius 2 is 2.07 bits per heavy atom. The SMILES string of the molecule is Cc1noc(C)c1CSCC(=O)Nc1ccccc1Oc1ncc(Cl)cc1Cl. The number of nitrogens with zero attached hydrogens (tertiary/aromatic N) is 2. The maximum Gasteiger partial charge on any atom is 0.238 e. The smallest absolute Gasteiger partial charge is 0.238 e. The van der Waals surface area contributed by atoms with Gasteiger partial charge < -0.3 is 14.6 Å². The highest BCUT2D eigenvalue weighted by Gasteiger charge is 2.13. The average molecular weight is 438 g/mol. The Kier molecular flexibility index (Phi) is 6.83. The summed E-state index contributed by atoms with van der Waals surface area (Å²) in [6.45, 7) is 3.75. The van der Waals surface area contributed by atoms with Gasteiger partial charge in [0.2, 0.25) is 11.8 Å². The molecule has 0 aliphatic heterocycles. The van der Waals surface area contributed by atoms with Crippen LogP contribution in [0.2, 0.25) is 10.0 Å². The van der Waals surface area contributed by atoms with Crippen molar-refractivity contribution in [2.45, 2.75) is 19.6 Å². The second-order valence-electron chi connectivity index (χ2n) is 5.88. The lowest BCUT2D eigenvalue weighted by Gasteiger charge is -2.12. The third-order valence-corrected chi connectivity index (χ3v) is 5.24. The van der Waals surface area contributed by atoms with Crippen LogP contribution in [0.4, 0.5) is 5.69 Å². The Morgan fingerprint density at radius 1 is 1.29 bits per heavy atom. The molecule has 1 amide bonds. The summed E-state index contributed by atoms with van der Waals surface area (Å²) < 4.78 is 10.9. The third-order valence-electron chi connectivity index (χ3n) is 3.80. The van der Waals surface area contributed by atoms with Crippen LogP contribution in [-0.2, 0) is 10.5 Å². The molecule has 0 fully saturated rings. The minimum Gasteiger partial charge on any atom is -0.435 e. The topological polar surface area (TPSA) is 77.2 Å². The first-order valence-electron chi connectivity index (χ1n) is 8.31. The molecule has 2 aromatic heterocycles. The summed E-state index contributed by atoms with van der Waals surface area (Å²) in [5.41, 5.74) is 2.39. The van der Waals surface area contributed by atoms with Crippen LogP contribution in [0.5, 0.6) is 11.6 Å². The Labute approximate surface area is 176 Å². The number of benzene rings is 1. The highest BCUT2D eigenvalue weighted by molar-refractivity contribution is 7.99. The average Bonchev–Trinajstić information content (AvgIpc) is 2.97. The number of rotatable bonds is 7. The third kappa shape index (κ3) is 5.19. The van der Waals surface area contributed by atoms with Crippen LogP contribution in [0.15, 0.2) is 41.1 Å². The van der Waals surface area contributed by atoms with E-state index in [0.717, 1.165) is 17.0 Å². The predicted molar refractivity (Wildman–Crippen MR) is 112 cm³/mol. The number of hydrogen-bond acceptors (Lipinski definition) is 6. The minimum absolute atomic E-state index is 0.150. The summed E-state index contributed by atoms with van der Waals surface area (Å²) >= 11 is 13.4. The summed E-state index contributed by atoms with van der Waals surface area (Å²) in [6.07, 6.45) is 1.44. The van der Waals surface area contributed by atoms with E-state index < -0.39 is 0 Å². The lowest BCUT2D eigenvalue weighted by molar-refractivity contribution is -0.113. The summed E-state index contributed by atoms with van der Waals surface area (Å²) in [4.78, 5) is 16.4. The minimum atomic E-state index is -0.150. The van der Waals surface area contributed by atoms with Crippen molar-refractivity contribution >= 4 is 46.6 Å². The maximum absolute atomic E-state index is 12.3. The van der Waals surface area contributed by atoms with E-state index in [1.807, 2.05) is 13.8 Å². The molecular weight excluding hydrogens is 421 g/mol. The molecular formula is C19H17Cl2N3O3S. The summed E-state index contributed by atoms with van der Waals surface area (Å²) in [7, 11) is 0. The molecule has 0 saturated heterocycles. The number of para-hydroxylation sites is 2. The van der Waals surface area contributed by atoms with Gasteiger partial charge in [0.25, 0.3) is 0 Å². The quantitative estimate of drug-likeness (QED) is 0.513. The zero-order valence-electron chi connectivity index (χ0n) is 15.2. The van der Waals surface area contributed by atoms with Crippen LogP contribution >= 0.6 is 35.0 Å². The molecule has 0 bridgehead atoms. The highest BCUT2D eigenvalue weighted by atomic mass is 35.5. The van der Waals surface area contributed by atoms with E-state index in [0.29, 0.717) is 22.2 Å². The summed E-state index contributed by atoms with van der Waals surface area (Å²) in [5.74, 6) is 2.19. The molecule has 28 heavy (non-hydrogen) atoms. The molecule has 2 heterocycles. The summed E-state index contributed by atoms with van der Waals surface area (Å²) in [5, 5.41) is 7.46. The number of nitrogens with one attached hydrogen (secondary N) is 1. The number of aromatic nitrogens is 2. The summed E-state index contributed by atoms with van der Waals surface area (Å²) in [6, 6.07) is 8.60. The first-order valence-corrected chi connectivity index (χ1v) is 10.2. The zero-order valence-corrected chi connectivity index (χ0v) is 17.5. The van der Waals surface area contributed by atoms with Crippen molar-refractivity contribution in [1.29, 1.82) is 0 Å². The van der Waals surface area contributed by atoms with E-state index in [4.69, 9.17) is 32.5 Å². The van der Waals surface area contributed by atoms with Gasteiger partial charge >= 0.3 is 0 Å². The number of thioether (sulfide) groups is 1. The van der Waals surface area contributed by atoms with Crippen molar-refractivity contribution in [2.24, 2.45) is 0 Å². The molecule has 146 valence electrons. The zero-order chi connectivity index (χ0) is 20.1. The van der Waals surface area contributed by atoms with Crippen LogP contribution in [0.1, 0.15) is 17.0 Å². The van der Waals surface area contributed by atoms with Gasteiger partial charge in [-0.1, -0.05) is 40.5 Å². The van der Waals surface area contributed by atoms with Gasteiger partial charge in [-0.05, 0) is 32.0 Å². The normalized spacial score (nSPS) is 10.7. The van der Waals surface area contributed by atoms with Gasteiger partial charge in [-0.15, -0.1) is 11.8 Å². The second-order valence-corrected chi connectivity index (χ2v) is 7.71. The van der Waals surface area contributed by atoms with Crippen LogP contribution in [0.25, 0.3) is 0 Å². The van der Waals surface area contributed by atoms with Crippen molar-refractivity contribution in [3.8, 4) is 11.6 Å². The van der Waals surface area contributed by atoms with Gasteiger partial charge in [-0.3, -0.25) is 4.79 Å². The number of carbonyl (C=O) groups is 1. The molecule has 9 heteroatoms. The van der Waals surface area contributed by atoms with Crippen molar-refractivity contribution < 1.29 is 14.1 Å². The number of amides is 1. The van der Waals surface area contributed by atoms with Crippen LogP contribution in [-0.4, -0.2) is 21.8 Å². The molecule has 3 rings (SSSR count). The number of pyridine rings is 1. The fraction of sp³-hybridized carbons (Fsp3) is 0.211. The monoisotopic (exact) mass is 437 g/mol. The number of ether oxygens (including phenoxy) is 1. The van der Waals surface area contributed by atoms with Gasteiger partial charge in [-0.25, -0.2) is 4.98 Å². The van der Waals surface area contributed by atoms with Crippen LogP contribution in [0, 0.1) is 13.8 Å². The van der Waals surface area contributed by atoms with Crippen LogP contribution in [0.3, 0.4) is 0 Å². The molecule has 0 aliphatic carbocycles. The lowest BCUT2D eigenvalue weighted by Crippen LogP contribution is -2.14. The van der Waals surface area contributed by atoms with E-state index in [1.54, 1.807) is 24.3 Å². The van der Waals surface area contributed by atoms with Crippen LogP contribution < -0.4 is 10.1 Å². The number of carbonyl (C=O) groups excluding carboxylic acids is 1. The lowest BCUT2D eigenvalue weighted by atomic mass is 10.2. The Bertz CT molecular complexity index is 975. The van der Waals surface area contributed by atoms with Crippen molar-refractivity contribution in [1.82, 2.24) is 10.1 Å². The standard InChI is InChI=1S/C19H17Cl2N3O3S/c1-11-14(12(2)27-24-11)9-28-10-18(25)23-16-5-3-4-6-17(16)26-19-15(21)7-13(20)8-22-19/h3-8H,9-10H2,1-2H3,(H,23,25). The number of halogens is 2. The van der Waals surface area contributed by atoms with Gasteiger partial charge in [0.05, 0.1) is 22.2 Å². The Morgan fingerprint density at radius 3 is 2.79 bits per heavy atom. The molecule has 6 nitrogen and oxygen atoms in total. The molecule has 1 aromatic carbocycles. The molecule has 0 atom stereocenters. The highest BCUT2D eigenvalue weighted by Crippen LogP contribution is 2.33. The molecule has 1 N–H and O–H groups in total. The molecule has 0 spiro atoms. The Hall–Kier alpha value is -2.22. The van der Waals surface area contributed by atoms with Gasteiger partial charge in [0.15, 0.2) is 5.75 Å². The Balaban J connectivity index is 1.62. The number of anilines is 1. The van der Waals surface area contributed by atoms with Gasteiger partial charge in [0.1, 0.15) is 10.8 Å². The van der Waals surface area contributed by atoms with Crippen molar-refractivity contribution in [3.05, 3.63) is 63.6 Å². The first kappa shape index (κ1) is 20.5. The van der Waals surface area contributed by atoms with Crippen molar-refractivity contribution in [3.63, 3.8) is 0 Å². The fourth-order valence-corrected chi connectivity index (χ4v) is 3.77. The van der Waals surface area contributed by atoms with Gasteiger partial charge in [0, 0.05) is 17.5 Å². The van der Waals surface area contributed by atoms with E-state index in [1.165, 1.54) is 24.0 Å². The van der Waals surface area contributed by atoms with E-state index in [9.17, 15) is 4.79 Å². The van der Waals surface area contributed by atoms with E-state index >= 15 is 0 Å².